The van der Waals surface area contributed by atoms with Gasteiger partial charge in [-0.1, -0.05) is 90.3 Å². The third kappa shape index (κ3) is 6.91. The minimum Gasteiger partial charge on any atom is -0.494 e. The Kier molecular flexibility index (Phi) is 10.5. The molecule has 0 unspecified atom stereocenters. The van der Waals surface area contributed by atoms with Crippen LogP contribution in [0, 0.1) is 6.92 Å². The number of ether oxygens (including phenoxy) is 1. The van der Waals surface area contributed by atoms with Crippen LogP contribution in [0.25, 0.3) is 10.6 Å². The molecule has 0 aromatic heterocycles. The number of nitrogens with zero attached hydrogens (tertiary/aromatic N) is 3. The highest BCUT2D eigenvalue weighted by atomic mass is 32.2. The first-order chi connectivity index (χ1) is 22.9. The van der Waals surface area contributed by atoms with Crippen molar-refractivity contribution in [1.82, 2.24) is 4.90 Å². The molecule has 3 aromatic carbocycles. The summed E-state index contributed by atoms with van der Waals surface area (Å²) in [5.74, 6) is 0.754. The lowest BCUT2D eigenvalue weighted by Crippen LogP contribution is -2.21. The molecule has 0 saturated heterocycles. The number of amides is 1. The van der Waals surface area contributed by atoms with Crippen molar-refractivity contribution in [1.29, 1.82) is 0 Å². The van der Waals surface area contributed by atoms with Crippen LogP contribution in [-0.2, 0) is 9.53 Å². The lowest BCUT2D eigenvalue weighted by molar-refractivity contribution is -0.435. The Hall–Kier alpha value is -3.85. The topological polar surface area (TPSA) is 35.8 Å². The monoisotopic (exact) mass is 678 g/mol. The van der Waals surface area contributed by atoms with Crippen molar-refractivity contribution < 1.29 is 14.1 Å². The van der Waals surface area contributed by atoms with E-state index in [9.17, 15) is 4.79 Å². The van der Waals surface area contributed by atoms with E-state index in [0.717, 1.165) is 34.0 Å². The van der Waals surface area contributed by atoms with Gasteiger partial charge >= 0.3 is 5.91 Å². The number of hydrogen-bond donors (Lipinski definition) is 0. The second kappa shape index (κ2) is 14.9. The third-order valence-electron chi connectivity index (χ3n) is 8.03. The van der Waals surface area contributed by atoms with Crippen molar-refractivity contribution in [3.63, 3.8) is 0 Å². The van der Waals surface area contributed by atoms with Crippen LogP contribution >= 0.6 is 35.3 Å². The van der Waals surface area contributed by atoms with E-state index in [1.165, 1.54) is 49.6 Å². The molecule has 3 aliphatic heterocycles. The normalized spacial score (nSPS) is 19.3. The van der Waals surface area contributed by atoms with Gasteiger partial charge in [0.05, 0.1) is 28.0 Å². The standard InChI is InChI=1S/C39H40N3O2S3/c1-6-40-31-24-27(5)20-22-32(31)45-34(40)25-30(44-9-4)21-23-33-39(43)42(8-3)36(46-33)26-35-41(7-2)37(28-16-12-10-13-17-28)38(47-35)29-18-14-11-15-19-29/h10-26H,6-9H2,1-5H3/q+1/b30-21-,33-23+,34-25-. The molecule has 0 bridgehead atoms. The van der Waals surface area contributed by atoms with E-state index in [1.54, 1.807) is 23.5 Å². The van der Waals surface area contributed by atoms with E-state index in [-0.39, 0.29) is 5.91 Å². The Morgan fingerprint density at radius 3 is 2.19 bits per heavy atom. The predicted octanol–water partition coefficient (Wildman–Crippen LogP) is 9.71. The fourth-order valence-corrected chi connectivity index (χ4v) is 9.38. The number of likely N-dealkylation sites (N-methyl/N-ethyl adjacent to an activating group) is 1. The number of rotatable bonds is 10. The number of aryl methyl sites for hydroxylation is 1. The summed E-state index contributed by atoms with van der Waals surface area (Å²) < 4.78 is 7.94. The zero-order valence-corrected chi connectivity index (χ0v) is 30.0. The first kappa shape index (κ1) is 33.1. The number of carbonyl (C=O) groups is 1. The van der Waals surface area contributed by atoms with Gasteiger partial charge in [-0.25, -0.2) is 4.79 Å². The first-order valence-corrected chi connectivity index (χ1v) is 18.6. The Bertz CT molecular complexity index is 1860. The summed E-state index contributed by atoms with van der Waals surface area (Å²) in [6.07, 6.45) is 8.13. The van der Waals surface area contributed by atoms with Crippen LogP contribution < -0.4 is 4.90 Å². The third-order valence-corrected chi connectivity index (χ3v) is 11.4. The maximum absolute atomic E-state index is 13.7. The number of carbonyl (C=O) groups excluding carboxylic acids is 1. The number of hydrogen-bond acceptors (Lipinski definition) is 7. The highest BCUT2D eigenvalue weighted by Gasteiger charge is 2.38. The highest BCUT2D eigenvalue weighted by Crippen LogP contribution is 2.51. The van der Waals surface area contributed by atoms with Crippen molar-refractivity contribution >= 4 is 62.5 Å². The quantitative estimate of drug-likeness (QED) is 0.120. The number of anilines is 1. The molecule has 8 heteroatoms. The molecule has 0 N–H and O–H groups in total. The lowest BCUT2D eigenvalue weighted by atomic mass is 10.1. The molecule has 0 spiro atoms. The van der Waals surface area contributed by atoms with Crippen molar-refractivity contribution in [3.8, 4) is 0 Å². The minimum absolute atomic E-state index is 0.0166. The van der Waals surface area contributed by atoms with Crippen molar-refractivity contribution in [2.45, 2.75) is 39.5 Å². The van der Waals surface area contributed by atoms with E-state index in [0.29, 0.717) is 18.1 Å². The molecule has 1 amide bonds. The Balaban J connectivity index is 1.30. The van der Waals surface area contributed by atoms with Gasteiger partial charge in [0.2, 0.25) is 0 Å². The van der Waals surface area contributed by atoms with Gasteiger partial charge in [0, 0.05) is 35.0 Å². The fourth-order valence-electron chi connectivity index (χ4n) is 5.82. The number of benzene rings is 3. The predicted molar refractivity (Wildman–Crippen MR) is 202 cm³/mol. The Morgan fingerprint density at radius 2 is 1.53 bits per heavy atom. The van der Waals surface area contributed by atoms with Crippen LogP contribution in [0.2, 0.25) is 0 Å². The second-order valence-corrected chi connectivity index (χ2v) is 14.2. The molecule has 3 aliphatic rings. The molecule has 0 radical (unpaired) electrons. The van der Waals surface area contributed by atoms with Gasteiger partial charge < -0.3 is 14.5 Å². The van der Waals surface area contributed by atoms with Gasteiger partial charge in [0.15, 0.2) is 6.54 Å². The van der Waals surface area contributed by atoms with E-state index in [1.807, 2.05) is 30.6 Å². The molecule has 6 rings (SSSR count). The first-order valence-electron chi connectivity index (χ1n) is 16.2. The number of allylic oxidation sites excluding steroid dienone is 3. The van der Waals surface area contributed by atoms with Crippen LogP contribution in [0.5, 0.6) is 0 Å². The molecule has 240 valence electrons. The van der Waals surface area contributed by atoms with Gasteiger partial charge in [0.25, 0.3) is 5.04 Å². The van der Waals surface area contributed by atoms with E-state index in [2.05, 4.69) is 122 Å². The summed E-state index contributed by atoms with van der Waals surface area (Å²) in [7, 11) is 0. The van der Waals surface area contributed by atoms with Gasteiger partial charge in [-0.2, -0.15) is 4.58 Å². The van der Waals surface area contributed by atoms with Crippen LogP contribution in [0.4, 0.5) is 5.69 Å². The summed E-state index contributed by atoms with van der Waals surface area (Å²) in [5, 5.41) is 3.17. The van der Waals surface area contributed by atoms with Gasteiger partial charge in [-0.3, -0.25) is 0 Å². The maximum Gasteiger partial charge on any atom is 0.427 e. The SMILES string of the molecule is CCOC(=C\C=C1\SC(/C=C2\SC(c3ccccc3)=C(c3ccccc3)N2CC)=[N+](CC)C1=O)/C=C1\Sc2ccc(C)cc2N1CC. The number of fused-ring (bicyclic) bond motifs is 1. The zero-order chi connectivity index (χ0) is 32.9. The van der Waals surface area contributed by atoms with Crippen molar-refractivity contribution in [2.24, 2.45) is 0 Å². The average molecular weight is 679 g/mol. The summed E-state index contributed by atoms with van der Waals surface area (Å²) in [6.45, 7) is 13.3. The second-order valence-electron chi connectivity index (χ2n) is 11.1. The van der Waals surface area contributed by atoms with E-state index in [4.69, 9.17) is 4.74 Å². The molecular weight excluding hydrogens is 639 g/mol. The summed E-state index contributed by atoms with van der Waals surface area (Å²) in [6, 6.07) is 27.7. The molecule has 3 heterocycles. The maximum atomic E-state index is 13.7. The lowest BCUT2D eigenvalue weighted by Gasteiger charge is -2.21. The molecule has 0 atom stereocenters. The zero-order valence-electron chi connectivity index (χ0n) is 27.5. The molecule has 0 fully saturated rings. The van der Waals surface area contributed by atoms with Crippen LogP contribution in [0.3, 0.4) is 0 Å². The minimum atomic E-state index is 0.0166. The summed E-state index contributed by atoms with van der Waals surface area (Å²) >= 11 is 5.05. The fraction of sp³-hybridized carbons (Fsp3) is 0.231. The van der Waals surface area contributed by atoms with E-state index < -0.39 is 0 Å². The Morgan fingerprint density at radius 1 is 0.830 bits per heavy atom. The van der Waals surface area contributed by atoms with Crippen LogP contribution in [-0.4, -0.2) is 46.7 Å². The van der Waals surface area contributed by atoms with Crippen molar-refractivity contribution in [2.75, 3.05) is 31.1 Å². The average Bonchev–Trinajstić information content (AvgIpc) is 3.73. The van der Waals surface area contributed by atoms with E-state index >= 15 is 0 Å². The van der Waals surface area contributed by atoms with Gasteiger partial charge in [-0.15, -0.1) is 0 Å². The Labute approximate surface area is 291 Å². The number of thioether (sulfide) groups is 3. The van der Waals surface area contributed by atoms with Gasteiger partial charge in [0.1, 0.15) is 10.7 Å². The highest BCUT2D eigenvalue weighted by molar-refractivity contribution is 8.18. The molecule has 47 heavy (non-hydrogen) atoms. The van der Waals surface area contributed by atoms with Crippen molar-refractivity contribution in [3.05, 3.63) is 141 Å². The summed E-state index contributed by atoms with van der Waals surface area (Å²) in [4.78, 5) is 21.5. The van der Waals surface area contributed by atoms with Crippen LogP contribution in [0.1, 0.15) is 44.4 Å². The summed E-state index contributed by atoms with van der Waals surface area (Å²) in [5.41, 5.74) is 6.05. The largest absolute Gasteiger partial charge is 0.494 e. The molecule has 0 saturated carbocycles. The van der Waals surface area contributed by atoms with Crippen LogP contribution in [0.15, 0.2) is 129 Å². The molecule has 0 aliphatic carbocycles. The molecule has 5 nitrogen and oxygen atoms in total. The molecule has 3 aromatic rings. The van der Waals surface area contributed by atoms with Gasteiger partial charge in [-0.05, 0) is 87.4 Å². The molecular formula is C39H40N3O2S3+. The smallest absolute Gasteiger partial charge is 0.427 e.